The summed E-state index contributed by atoms with van der Waals surface area (Å²) in [6, 6.07) is 3.75. The summed E-state index contributed by atoms with van der Waals surface area (Å²) in [5, 5.41) is 2.91. The number of nitrogens with one attached hydrogen (secondary N) is 1. The fourth-order valence-corrected chi connectivity index (χ4v) is 4.17. The van der Waals surface area contributed by atoms with Crippen LogP contribution >= 0.6 is 0 Å². The molecule has 140 valence electrons. The molecule has 2 amide bonds. The molecule has 1 aliphatic carbocycles. The summed E-state index contributed by atoms with van der Waals surface area (Å²) in [6.45, 7) is 1.92. The van der Waals surface area contributed by atoms with Gasteiger partial charge in [0.05, 0.1) is 12.7 Å². The minimum Gasteiger partial charge on any atom is -0.376 e. The standard InChI is InChI=1S/C19H24FN3O3/c20-19(4-2-5-19)18(25)23-10-15-14(12-26-16(15)11-23)7-17(24)22-9-13-3-1-6-21-8-13/h1,3,6,8,14-16H,2,4-5,7,9-12H2,(H,22,24)/t14-,15-,16-/m1/s1. The van der Waals surface area contributed by atoms with Crippen molar-refractivity contribution in [2.24, 2.45) is 11.8 Å². The van der Waals surface area contributed by atoms with Gasteiger partial charge in [-0.05, 0) is 36.8 Å². The molecule has 3 atom stereocenters. The molecule has 6 nitrogen and oxygen atoms in total. The average Bonchev–Trinajstić information content (AvgIpc) is 3.20. The molecule has 2 saturated heterocycles. The van der Waals surface area contributed by atoms with Crippen LogP contribution in [0.3, 0.4) is 0 Å². The molecule has 3 fully saturated rings. The van der Waals surface area contributed by atoms with E-state index in [2.05, 4.69) is 10.3 Å². The molecular weight excluding hydrogens is 337 g/mol. The molecule has 3 heterocycles. The van der Waals surface area contributed by atoms with Crippen molar-refractivity contribution in [3.8, 4) is 0 Å². The number of ether oxygens (including phenoxy) is 1. The zero-order chi connectivity index (χ0) is 18.1. The van der Waals surface area contributed by atoms with E-state index < -0.39 is 5.67 Å². The van der Waals surface area contributed by atoms with Crippen LogP contribution in [-0.2, 0) is 20.9 Å². The quantitative estimate of drug-likeness (QED) is 0.862. The fraction of sp³-hybridized carbons (Fsp3) is 0.632. The number of carbonyl (C=O) groups excluding carboxylic acids is 2. The Morgan fingerprint density at radius 1 is 1.38 bits per heavy atom. The van der Waals surface area contributed by atoms with Crippen LogP contribution in [-0.4, -0.2) is 53.2 Å². The van der Waals surface area contributed by atoms with Gasteiger partial charge in [-0.1, -0.05) is 6.07 Å². The molecular formula is C19H24FN3O3. The van der Waals surface area contributed by atoms with Crippen LogP contribution < -0.4 is 5.32 Å². The van der Waals surface area contributed by atoms with Crippen molar-refractivity contribution in [1.29, 1.82) is 0 Å². The molecule has 7 heteroatoms. The van der Waals surface area contributed by atoms with Crippen molar-refractivity contribution < 1.29 is 18.7 Å². The highest BCUT2D eigenvalue weighted by atomic mass is 19.1. The van der Waals surface area contributed by atoms with Crippen molar-refractivity contribution >= 4 is 11.8 Å². The van der Waals surface area contributed by atoms with Gasteiger partial charge in [-0.3, -0.25) is 14.6 Å². The Bertz CT molecular complexity index is 680. The monoisotopic (exact) mass is 361 g/mol. The highest BCUT2D eigenvalue weighted by Crippen LogP contribution is 2.41. The molecule has 26 heavy (non-hydrogen) atoms. The number of amides is 2. The second kappa shape index (κ2) is 6.95. The van der Waals surface area contributed by atoms with E-state index in [1.807, 2.05) is 12.1 Å². The van der Waals surface area contributed by atoms with Gasteiger partial charge < -0.3 is 15.0 Å². The van der Waals surface area contributed by atoms with Crippen molar-refractivity contribution in [2.45, 2.75) is 44.0 Å². The van der Waals surface area contributed by atoms with Crippen LogP contribution in [0, 0.1) is 11.8 Å². The van der Waals surface area contributed by atoms with E-state index in [0.29, 0.717) is 45.5 Å². The zero-order valence-corrected chi connectivity index (χ0v) is 14.7. The molecule has 1 aromatic rings. The lowest BCUT2D eigenvalue weighted by Crippen LogP contribution is -2.50. The van der Waals surface area contributed by atoms with Crippen LogP contribution in [0.4, 0.5) is 4.39 Å². The third-order valence-corrected chi connectivity index (χ3v) is 5.92. The molecule has 0 spiro atoms. The predicted molar refractivity (Wildman–Crippen MR) is 91.7 cm³/mol. The smallest absolute Gasteiger partial charge is 0.260 e. The summed E-state index contributed by atoms with van der Waals surface area (Å²) in [5.74, 6) is -0.231. The molecule has 3 aliphatic rings. The van der Waals surface area contributed by atoms with Crippen molar-refractivity contribution in [3.63, 3.8) is 0 Å². The summed E-state index contributed by atoms with van der Waals surface area (Å²) in [4.78, 5) is 30.3. The number of likely N-dealkylation sites (tertiary alicyclic amines) is 1. The molecule has 0 bridgehead atoms. The maximum absolute atomic E-state index is 14.4. The Balaban J connectivity index is 1.29. The maximum atomic E-state index is 14.4. The minimum atomic E-state index is -1.66. The largest absolute Gasteiger partial charge is 0.376 e. The number of hydrogen-bond acceptors (Lipinski definition) is 4. The zero-order valence-electron chi connectivity index (χ0n) is 14.7. The lowest BCUT2D eigenvalue weighted by molar-refractivity contribution is -0.149. The van der Waals surface area contributed by atoms with E-state index in [1.165, 1.54) is 0 Å². The minimum absolute atomic E-state index is 0.0335. The van der Waals surface area contributed by atoms with Crippen molar-refractivity contribution in [3.05, 3.63) is 30.1 Å². The van der Waals surface area contributed by atoms with Gasteiger partial charge in [0.15, 0.2) is 5.67 Å². The topological polar surface area (TPSA) is 71.5 Å². The number of carbonyl (C=O) groups is 2. The average molecular weight is 361 g/mol. The van der Waals surface area contributed by atoms with Gasteiger partial charge in [0.25, 0.3) is 5.91 Å². The predicted octanol–water partition coefficient (Wildman–Crippen LogP) is 1.45. The van der Waals surface area contributed by atoms with Gasteiger partial charge in [-0.15, -0.1) is 0 Å². The number of hydrogen-bond donors (Lipinski definition) is 1. The lowest BCUT2D eigenvalue weighted by atomic mass is 9.81. The number of pyridine rings is 1. The Morgan fingerprint density at radius 3 is 2.92 bits per heavy atom. The Hall–Kier alpha value is -2.02. The molecule has 0 unspecified atom stereocenters. The van der Waals surface area contributed by atoms with E-state index in [9.17, 15) is 14.0 Å². The lowest BCUT2D eigenvalue weighted by Gasteiger charge is -2.35. The number of halogens is 1. The van der Waals surface area contributed by atoms with Crippen LogP contribution in [0.5, 0.6) is 0 Å². The van der Waals surface area contributed by atoms with Crippen molar-refractivity contribution in [1.82, 2.24) is 15.2 Å². The number of aromatic nitrogens is 1. The Labute approximate surface area is 152 Å². The van der Waals surface area contributed by atoms with E-state index in [-0.39, 0.29) is 29.8 Å². The van der Waals surface area contributed by atoms with E-state index >= 15 is 0 Å². The van der Waals surface area contributed by atoms with Crippen LogP contribution in [0.15, 0.2) is 24.5 Å². The fourth-order valence-electron chi connectivity index (χ4n) is 4.17. The number of rotatable bonds is 5. The molecule has 1 N–H and O–H groups in total. The first-order chi connectivity index (χ1) is 12.5. The van der Waals surface area contributed by atoms with E-state index in [1.54, 1.807) is 17.3 Å². The second-order valence-electron chi connectivity index (χ2n) is 7.67. The summed E-state index contributed by atoms with van der Waals surface area (Å²) in [5.41, 5.74) is -0.706. The molecule has 0 aromatic carbocycles. The first kappa shape index (κ1) is 17.4. The van der Waals surface area contributed by atoms with Crippen LogP contribution in [0.2, 0.25) is 0 Å². The first-order valence-corrected chi connectivity index (χ1v) is 9.31. The number of fused-ring (bicyclic) bond motifs is 1. The summed E-state index contributed by atoms with van der Waals surface area (Å²) < 4.78 is 20.2. The third kappa shape index (κ3) is 3.32. The summed E-state index contributed by atoms with van der Waals surface area (Å²) in [7, 11) is 0. The van der Waals surface area contributed by atoms with Gasteiger partial charge in [-0.2, -0.15) is 0 Å². The molecule has 1 saturated carbocycles. The molecule has 4 rings (SSSR count). The van der Waals surface area contributed by atoms with Gasteiger partial charge in [0, 0.05) is 44.4 Å². The van der Waals surface area contributed by atoms with E-state index in [0.717, 1.165) is 12.0 Å². The normalized spacial score (nSPS) is 29.1. The van der Waals surface area contributed by atoms with Crippen LogP contribution in [0.1, 0.15) is 31.2 Å². The maximum Gasteiger partial charge on any atom is 0.260 e. The van der Waals surface area contributed by atoms with Gasteiger partial charge in [0.1, 0.15) is 0 Å². The third-order valence-electron chi connectivity index (χ3n) is 5.92. The van der Waals surface area contributed by atoms with Gasteiger partial charge in [-0.25, -0.2) is 4.39 Å². The number of alkyl halides is 1. The highest BCUT2D eigenvalue weighted by molar-refractivity contribution is 5.86. The van der Waals surface area contributed by atoms with E-state index in [4.69, 9.17) is 4.74 Å². The highest BCUT2D eigenvalue weighted by Gasteiger charge is 2.52. The molecule has 2 aliphatic heterocycles. The summed E-state index contributed by atoms with van der Waals surface area (Å²) >= 11 is 0. The molecule has 1 aromatic heterocycles. The van der Waals surface area contributed by atoms with Gasteiger partial charge >= 0.3 is 0 Å². The second-order valence-corrected chi connectivity index (χ2v) is 7.67. The SMILES string of the molecule is O=C(C[C@@H]1CO[C@@H]2CN(C(=O)C3(F)CCC3)C[C@H]12)NCc1cccnc1. The Kier molecular flexibility index (Phi) is 4.65. The first-order valence-electron chi connectivity index (χ1n) is 9.31. The van der Waals surface area contributed by atoms with Crippen molar-refractivity contribution in [2.75, 3.05) is 19.7 Å². The summed E-state index contributed by atoms with van der Waals surface area (Å²) in [6.07, 6.45) is 5.15. The number of nitrogens with zero attached hydrogens (tertiary/aromatic N) is 2. The van der Waals surface area contributed by atoms with Gasteiger partial charge in [0.2, 0.25) is 5.91 Å². The molecule has 0 radical (unpaired) electrons. The Morgan fingerprint density at radius 2 is 2.23 bits per heavy atom. The van der Waals surface area contributed by atoms with Crippen LogP contribution in [0.25, 0.3) is 0 Å².